The number of carbonyl (C=O) groups excluding carboxylic acids is 1. The monoisotopic (exact) mass is 414 g/mol. The zero-order chi connectivity index (χ0) is 21.1. The molecular weight excluding hydrogens is 394 g/mol. The number of amides is 1. The van der Waals surface area contributed by atoms with Crippen molar-refractivity contribution in [2.24, 2.45) is 5.73 Å². The SMILES string of the molecule is NC(=O)c1cc(-c2cccc(OC(F)F)c2)nn1-c1ccc([C@H]2CNCCO2)cc1. The van der Waals surface area contributed by atoms with Gasteiger partial charge in [-0.15, -0.1) is 0 Å². The van der Waals surface area contributed by atoms with Crippen LogP contribution in [0, 0.1) is 0 Å². The summed E-state index contributed by atoms with van der Waals surface area (Å²) in [5.74, 6) is -0.652. The van der Waals surface area contributed by atoms with E-state index in [0.29, 0.717) is 23.6 Å². The number of benzene rings is 2. The Morgan fingerprint density at radius 2 is 2.03 bits per heavy atom. The van der Waals surface area contributed by atoms with Gasteiger partial charge in [-0.2, -0.15) is 13.9 Å². The topological polar surface area (TPSA) is 91.4 Å². The van der Waals surface area contributed by atoms with Crippen molar-refractivity contribution in [3.8, 4) is 22.7 Å². The van der Waals surface area contributed by atoms with E-state index >= 15 is 0 Å². The van der Waals surface area contributed by atoms with E-state index in [1.54, 1.807) is 12.1 Å². The fraction of sp³-hybridized carbons (Fsp3) is 0.238. The van der Waals surface area contributed by atoms with Crippen LogP contribution in [0.2, 0.25) is 0 Å². The molecule has 1 amide bonds. The van der Waals surface area contributed by atoms with Gasteiger partial charge in [0.15, 0.2) is 0 Å². The highest BCUT2D eigenvalue weighted by molar-refractivity contribution is 5.93. The van der Waals surface area contributed by atoms with Gasteiger partial charge < -0.3 is 20.5 Å². The van der Waals surface area contributed by atoms with Gasteiger partial charge >= 0.3 is 6.61 Å². The lowest BCUT2D eigenvalue weighted by atomic mass is 10.1. The molecule has 156 valence electrons. The number of hydrogen-bond donors (Lipinski definition) is 2. The van der Waals surface area contributed by atoms with Gasteiger partial charge in [0.2, 0.25) is 0 Å². The van der Waals surface area contributed by atoms with Crippen molar-refractivity contribution < 1.29 is 23.0 Å². The van der Waals surface area contributed by atoms with E-state index in [9.17, 15) is 13.6 Å². The summed E-state index contributed by atoms with van der Waals surface area (Å²) in [6, 6.07) is 15.1. The number of morpholine rings is 1. The van der Waals surface area contributed by atoms with Crippen LogP contribution in [-0.2, 0) is 4.74 Å². The third-order valence-corrected chi connectivity index (χ3v) is 4.75. The molecule has 1 aliphatic heterocycles. The number of halogens is 2. The van der Waals surface area contributed by atoms with Crippen LogP contribution >= 0.6 is 0 Å². The number of rotatable bonds is 6. The quantitative estimate of drug-likeness (QED) is 0.647. The summed E-state index contributed by atoms with van der Waals surface area (Å²) in [5.41, 5.74) is 8.29. The van der Waals surface area contributed by atoms with Crippen molar-refractivity contribution in [2.75, 3.05) is 19.7 Å². The molecular formula is C21H20F2N4O3. The minimum absolute atomic E-state index is 0.00289. The molecule has 1 aromatic heterocycles. The summed E-state index contributed by atoms with van der Waals surface area (Å²) < 4.78 is 36.6. The van der Waals surface area contributed by atoms with Crippen LogP contribution in [-0.4, -0.2) is 42.0 Å². The highest BCUT2D eigenvalue weighted by atomic mass is 19.3. The van der Waals surface area contributed by atoms with Crippen LogP contribution in [0.5, 0.6) is 5.75 Å². The van der Waals surface area contributed by atoms with Gasteiger partial charge in [-0.3, -0.25) is 4.79 Å². The minimum atomic E-state index is -2.93. The third kappa shape index (κ3) is 4.32. The predicted octanol–water partition coefficient (Wildman–Crippen LogP) is 2.90. The number of nitrogens with zero attached hydrogens (tertiary/aromatic N) is 2. The Balaban J connectivity index is 1.65. The number of nitrogens with two attached hydrogens (primary N) is 1. The van der Waals surface area contributed by atoms with Gasteiger partial charge in [-0.25, -0.2) is 4.68 Å². The maximum Gasteiger partial charge on any atom is 0.387 e. The number of carbonyl (C=O) groups is 1. The maximum absolute atomic E-state index is 12.5. The molecule has 3 N–H and O–H groups in total. The summed E-state index contributed by atoms with van der Waals surface area (Å²) in [4.78, 5) is 12.0. The molecule has 0 saturated carbocycles. The van der Waals surface area contributed by atoms with Gasteiger partial charge in [0.05, 0.1) is 24.1 Å². The van der Waals surface area contributed by atoms with Crippen LogP contribution in [0.25, 0.3) is 16.9 Å². The number of hydrogen-bond acceptors (Lipinski definition) is 5. The Morgan fingerprint density at radius 3 is 2.70 bits per heavy atom. The molecule has 9 heteroatoms. The average molecular weight is 414 g/mol. The van der Waals surface area contributed by atoms with Crippen LogP contribution in [0.1, 0.15) is 22.2 Å². The smallest absolute Gasteiger partial charge is 0.387 e. The van der Waals surface area contributed by atoms with E-state index in [4.69, 9.17) is 10.5 Å². The molecule has 7 nitrogen and oxygen atoms in total. The first kappa shape index (κ1) is 20.0. The van der Waals surface area contributed by atoms with Crippen LogP contribution in [0.4, 0.5) is 8.78 Å². The fourth-order valence-corrected chi connectivity index (χ4v) is 3.34. The zero-order valence-electron chi connectivity index (χ0n) is 15.9. The third-order valence-electron chi connectivity index (χ3n) is 4.75. The lowest BCUT2D eigenvalue weighted by Crippen LogP contribution is -2.33. The van der Waals surface area contributed by atoms with E-state index in [1.165, 1.54) is 22.9 Å². The van der Waals surface area contributed by atoms with Gasteiger partial charge in [0, 0.05) is 18.7 Å². The molecule has 1 aliphatic rings. The van der Waals surface area contributed by atoms with Gasteiger partial charge in [0.1, 0.15) is 11.4 Å². The lowest BCUT2D eigenvalue weighted by Gasteiger charge is -2.24. The van der Waals surface area contributed by atoms with Crippen molar-refractivity contribution in [2.45, 2.75) is 12.7 Å². The van der Waals surface area contributed by atoms with Crippen LogP contribution in [0.15, 0.2) is 54.6 Å². The van der Waals surface area contributed by atoms with Crippen molar-refractivity contribution in [3.63, 3.8) is 0 Å². The molecule has 0 unspecified atom stereocenters. The highest BCUT2D eigenvalue weighted by Gasteiger charge is 2.18. The van der Waals surface area contributed by atoms with E-state index in [1.807, 2.05) is 24.3 Å². The predicted molar refractivity (Wildman–Crippen MR) is 106 cm³/mol. The Kier molecular flexibility index (Phi) is 5.73. The summed E-state index contributed by atoms with van der Waals surface area (Å²) in [6.45, 7) is -0.721. The number of aromatic nitrogens is 2. The van der Waals surface area contributed by atoms with Gasteiger partial charge in [-0.05, 0) is 35.9 Å². The Hall–Kier alpha value is -3.30. The Morgan fingerprint density at radius 1 is 1.23 bits per heavy atom. The largest absolute Gasteiger partial charge is 0.435 e. The van der Waals surface area contributed by atoms with Gasteiger partial charge in [0.25, 0.3) is 5.91 Å². The van der Waals surface area contributed by atoms with Gasteiger partial charge in [-0.1, -0.05) is 24.3 Å². The molecule has 1 saturated heterocycles. The number of ether oxygens (including phenoxy) is 2. The molecule has 0 spiro atoms. The molecule has 4 rings (SSSR count). The van der Waals surface area contributed by atoms with Crippen molar-refractivity contribution in [3.05, 3.63) is 65.9 Å². The highest BCUT2D eigenvalue weighted by Crippen LogP contribution is 2.27. The van der Waals surface area contributed by atoms with E-state index in [2.05, 4.69) is 15.2 Å². The van der Waals surface area contributed by atoms with Crippen molar-refractivity contribution in [1.82, 2.24) is 15.1 Å². The van der Waals surface area contributed by atoms with E-state index in [-0.39, 0.29) is 17.5 Å². The molecule has 30 heavy (non-hydrogen) atoms. The lowest BCUT2D eigenvalue weighted by molar-refractivity contribution is -0.0498. The normalized spacial score (nSPS) is 16.6. The number of primary amides is 1. The van der Waals surface area contributed by atoms with Crippen LogP contribution < -0.4 is 15.8 Å². The zero-order valence-corrected chi connectivity index (χ0v) is 15.9. The second-order valence-electron chi connectivity index (χ2n) is 6.75. The molecule has 2 heterocycles. The summed E-state index contributed by atoms with van der Waals surface area (Å²) in [5, 5.41) is 7.74. The first-order chi connectivity index (χ1) is 14.5. The number of alkyl halides is 2. The molecule has 2 aromatic carbocycles. The molecule has 0 radical (unpaired) electrons. The molecule has 3 aromatic rings. The summed E-state index contributed by atoms with van der Waals surface area (Å²) >= 11 is 0. The first-order valence-corrected chi connectivity index (χ1v) is 9.39. The summed E-state index contributed by atoms with van der Waals surface area (Å²) in [7, 11) is 0. The van der Waals surface area contributed by atoms with Crippen molar-refractivity contribution in [1.29, 1.82) is 0 Å². The maximum atomic E-state index is 12.5. The van der Waals surface area contributed by atoms with E-state index in [0.717, 1.165) is 18.7 Å². The first-order valence-electron chi connectivity index (χ1n) is 9.39. The molecule has 1 atom stereocenters. The van der Waals surface area contributed by atoms with E-state index < -0.39 is 12.5 Å². The molecule has 1 fully saturated rings. The molecule has 0 bridgehead atoms. The van der Waals surface area contributed by atoms with Crippen molar-refractivity contribution >= 4 is 5.91 Å². The fourth-order valence-electron chi connectivity index (χ4n) is 3.34. The van der Waals surface area contributed by atoms with Crippen LogP contribution in [0.3, 0.4) is 0 Å². The molecule has 0 aliphatic carbocycles. The standard InChI is InChI=1S/C21H20F2N4O3/c22-21(23)30-16-3-1-2-14(10-16)17-11-18(20(24)28)27(26-17)15-6-4-13(5-7-15)19-12-25-8-9-29-19/h1-7,10-11,19,21,25H,8-9,12H2,(H2,24,28)/t19-/m1/s1. The average Bonchev–Trinajstić information content (AvgIpc) is 3.20. The Labute approximate surface area is 171 Å². The minimum Gasteiger partial charge on any atom is -0.435 e. The second-order valence-corrected chi connectivity index (χ2v) is 6.75. The summed E-state index contributed by atoms with van der Waals surface area (Å²) in [6.07, 6.45) is -0.0332. The Bertz CT molecular complexity index is 1030. The second kappa shape index (κ2) is 8.60. The number of nitrogens with one attached hydrogen (secondary N) is 1.